The van der Waals surface area contributed by atoms with Gasteiger partial charge in [-0.05, 0) is 52.6 Å². The Morgan fingerprint density at radius 1 is 1.40 bits per heavy atom. The van der Waals surface area contributed by atoms with Crippen LogP contribution in [-0.4, -0.2) is 34.8 Å². The summed E-state index contributed by atoms with van der Waals surface area (Å²) in [5.74, 6) is 0.556. The van der Waals surface area contributed by atoms with Crippen LogP contribution in [0.25, 0.3) is 0 Å². The van der Waals surface area contributed by atoms with Gasteiger partial charge >= 0.3 is 0 Å². The predicted octanol–water partition coefficient (Wildman–Crippen LogP) is 1.61. The van der Waals surface area contributed by atoms with Crippen molar-refractivity contribution in [1.82, 2.24) is 20.4 Å². The second-order valence-corrected chi connectivity index (χ2v) is 6.97. The minimum Gasteiger partial charge on any atom is -0.347 e. The van der Waals surface area contributed by atoms with Gasteiger partial charge in [0.05, 0.1) is 5.54 Å². The highest BCUT2D eigenvalue weighted by molar-refractivity contribution is 5.92. The Bertz CT molecular complexity index is 504. The lowest BCUT2D eigenvalue weighted by Gasteiger charge is -2.22. The lowest BCUT2D eigenvalue weighted by molar-refractivity contribution is 0.0933. The summed E-state index contributed by atoms with van der Waals surface area (Å²) in [6, 6.07) is 2.23. The topological polar surface area (TPSA) is 59.0 Å². The second kappa shape index (κ2) is 4.88. The van der Waals surface area contributed by atoms with Crippen molar-refractivity contribution >= 4 is 5.91 Å². The molecule has 2 fully saturated rings. The summed E-state index contributed by atoms with van der Waals surface area (Å²) in [5, 5.41) is 10.9. The number of aromatic nitrogens is 2. The number of hydrogen-bond donors (Lipinski definition) is 2. The van der Waals surface area contributed by atoms with Crippen molar-refractivity contribution in [2.24, 2.45) is 0 Å². The molecule has 2 aliphatic rings. The van der Waals surface area contributed by atoms with Crippen LogP contribution in [0, 0.1) is 0 Å². The molecule has 5 nitrogen and oxygen atoms in total. The normalized spacial score (nSPS) is 23.1. The van der Waals surface area contributed by atoms with Crippen molar-refractivity contribution in [3.63, 3.8) is 0 Å². The molecule has 1 aliphatic carbocycles. The Balaban J connectivity index is 1.80. The highest BCUT2D eigenvalue weighted by Gasteiger charge is 2.32. The first-order chi connectivity index (χ1) is 9.45. The molecule has 1 aliphatic heterocycles. The molecule has 1 saturated heterocycles. The molecule has 0 radical (unpaired) electrons. The summed E-state index contributed by atoms with van der Waals surface area (Å²) in [5.41, 5.74) is 1.70. The van der Waals surface area contributed by atoms with Gasteiger partial charge in [0.25, 0.3) is 5.91 Å². The van der Waals surface area contributed by atoms with Gasteiger partial charge in [0.2, 0.25) is 0 Å². The van der Waals surface area contributed by atoms with Gasteiger partial charge in [0.1, 0.15) is 5.69 Å². The SMILES string of the molecule is CC(C)(C)n1nc(C(=O)NC2CCNC2)cc1C1CC1. The fraction of sp³-hybridized carbons (Fsp3) is 0.733. The molecule has 2 N–H and O–H groups in total. The zero-order valence-corrected chi connectivity index (χ0v) is 12.6. The Morgan fingerprint density at radius 2 is 2.15 bits per heavy atom. The van der Waals surface area contributed by atoms with Crippen molar-refractivity contribution < 1.29 is 4.79 Å². The maximum Gasteiger partial charge on any atom is 0.272 e. The van der Waals surface area contributed by atoms with Crippen LogP contribution < -0.4 is 10.6 Å². The molecule has 1 aromatic rings. The Kier molecular flexibility index (Phi) is 3.32. The molecule has 0 bridgehead atoms. The average Bonchev–Trinajstić information content (AvgIpc) is 2.90. The summed E-state index contributed by atoms with van der Waals surface area (Å²) in [6.45, 7) is 8.24. The zero-order valence-electron chi connectivity index (χ0n) is 12.6. The highest BCUT2D eigenvalue weighted by atomic mass is 16.2. The van der Waals surface area contributed by atoms with Gasteiger partial charge in [-0.1, -0.05) is 0 Å². The van der Waals surface area contributed by atoms with Crippen molar-refractivity contribution in [2.75, 3.05) is 13.1 Å². The average molecular weight is 276 g/mol. The quantitative estimate of drug-likeness (QED) is 0.882. The van der Waals surface area contributed by atoms with Crippen LogP contribution in [-0.2, 0) is 5.54 Å². The molecule has 1 saturated carbocycles. The number of amides is 1. The third-order valence-corrected chi connectivity index (χ3v) is 4.00. The predicted molar refractivity (Wildman–Crippen MR) is 77.9 cm³/mol. The molecular weight excluding hydrogens is 252 g/mol. The molecule has 20 heavy (non-hydrogen) atoms. The van der Waals surface area contributed by atoms with Gasteiger partial charge < -0.3 is 10.6 Å². The fourth-order valence-corrected chi connectivity index (χ4v) is 2.75. The van der Waals surface area contributed by atoms with Crippen LogP contribution in [0.5, 0.6) is 0 Å². The first-order valence-electron chi connectivity index (χ1n) is 7.57. The van der Waals surface area contributed by atoms with E-state index in [9.17, 15) is 4.79 Å². The van der Waals surface area contributed by atoms with E-state index in [1.165, 1.54) is 18.5 Å². The molecule has 1 aromatic heterocycles. The van der Waals surface area contributed by atoms with Gasteiger partial charge in [0, 0.05) is 24.2 Å². The van der Waals surface area contributed by atoms with E-state index in [4.69, 9.17) is 0 Å². The maximum atomic E-state index is 12.3. The van der Waals surface area contributed by atoms with E-state index in [1.54, 1.807) is 0 Å². The van der Waals surface area contributed by atoms with Crippen LogP contribution >= 0.6 is 0 Å². The molecule has 2 heterocycles. The van der Waals surface area contributed by atoms with E-state index in [0.717, 1.165) is 19.5 Å². The Hall–Kier alpha value is -1.36. The van der Waals surface area contributed by atoms with Crippen LogP contribution in [0.2, 0.25) is 0 Å². The molecule has 1 atom stereocenters. The monoisotopic (exact) mass is 276 g/mol. The lowest BCUT2D eigenvalue weighted by atomic mass is 10.1. The van der Waals surface area contributed by atoms with Gasteiger partial charge in [0.15, 0.2) is 0 Å². The summed E-state index contributed by atoms with van der Waals surface area (Å²) in [4.78, 5) is 12.3. The molecule has 1 amide bonds. The first-order valence-corrected chi connectivity index (χ1v) is 7.57. The minimum atomic E-state index is -0.0780. The summed E-state index contributed by atoms with van der Waals surface area (Å²) in [6.07, 6.45) is 3.44. The van der Waals surface area contributed by atoms with Gasteiger partial charge in [-0.3, -0.25) is 9.48 Å². The smallest absolute Gasteiger partial charge is 0.272 e. The molecule has 1 unspecified atom stereocenters. The lowest BCUT2D eigenvalue weighted by Crippen LogP contribution is -2.36. The zero-order chi connectivity index (χ0) is 14.3. The number of nitrogens with zero attached hydrogens (tertiary/aromatic N) is 2. The van der Waals surface area contributed by atoms with Crippen LogP contribution in [0.4, 0.5) is 0 Å². The van der Waals surface area contributed by atoms with Crippen molar-refractivity contribution in [2.45, 2.75) is 57.5 Å². The summed E-state index contributed by atoms with van der Waals surface area (Å²) >= 11 is 0. The number of hydrogen-bond acceptors (Lipinski definition) is 3. The van der Waals surface area contributed by atoms with Crippen LogP contribution in [0.1, 0.15) is 62.1 Å². The standard InChI is InChI=1S/C15H24N4O/c1-15(2,3)19-13(10-4-5-10)8-12(18-19)14(20)17-11-6-7-16-9-11/h8,10-11,16H,4-7,9H2,1-3H3,(H,17,20). The van der Waals surface area contributed by atoms with Crippen LogP contribution in [0.3, 0.4) is 0 Å². The van der Waals surface area contributed by atoms with E-state index in [1.807, 2.05) is 10.7 Å². The number of carbonyl (C=O) groups is 1. The van der Waals surface area contributed by atoms with E-state index in [2.05, 4.69) is 36.5 Å². The molecule has 0 spiro atoms. The Labute approximate surface area is 120 Å². The molecule has 0 aromatic carbocycles. The fourth-order valence-electron chi connectivity index (χ4n) is 2.75. The maximum absolute atomic E-state index is 12.3. The van der Waals surface area contributed by atoms with E-state index in [0.29, 0.717) is 11.6 Å². The van der Waals surface area contributed by atoms with Gasteiger partial charge in [-0.15, -0.1) is 0 Å². The largest absolute Gasteiger partial charge is 0.347 e. The van der Waals surface area contributed by atoms with Gasteiger partial charge in [-0.25, -0.2) is 0 Å². The van der Waals surface area contributed by atoms with Crippen molar-refractivity contribution in [3.05, 3.63) is 17.5 Å². The van der Waals surface area contributed by atoms with E-state index in [-0.39, 0.29) is 17.5 Å². The third-order valence-electron chi connectivity index (χ3n) is 4.00. The second-order valence-electron chi connectivity index (χ2n) is 6.97. The number of carbonyl (C=O) groups excluding carboxylic acids is 1. The van der Waals surface area contributed by atoms with Crippen LogP contribution in [0.15, 0.2) is 6.07 Å². The third kappa shape index (κ3) is 2.73. The van der Waals surface area contributed by atoms with Crippen molar-refractivity contribution in [3.8, 4) is 0 Å². The number of nitrogens with one attached hydrogen (secondary N) is 2. The minimum absolute atomic E-state index is 0.0383. The molecule has 3 rings (SSSR count). The van der Waals surface area contributed by atoms with E-state index < -0.39 is 0 Å². The molecule has 110 valence electrons. The molecule has 5 heteroatoms. The van der Waals surface area contributed by atoms with Crippen molar-refractivity contribution in [1.29, 1.82) is 0 Å². The van der Waals surface area contributed by atoms with E-state index >= 15 is 0 Å². The number of rotatable bonds is 3. The summed E-state index contributed by atoms with van der Waals surface area (Å²) < 4.78 is 2.03. The summed E-state index contributed by atoms with van der Waals surface area (Å²) in [7, 11) is 0. The highest BCUT2D eigenvalue weighted by Crippen LogP contribution is 2.41. The Morgan fingerprint density at radius 3 is 2.70 bits per heavy atom. The molecular formula is C15H24N4O. The first kappa shape index (κ1) is 13.6. The van der Waals surface area contributed by atoms with Gasteiger partial charge in [-0.2, -0.15) is 5.10 Å².